The number of aromatic nitrogens is 1. The molecule has 0 bridgehead atoms. The van der Waals surface area contributed by atoms with Crippen LogP contribution >= 0.6 is 11.6 Å². The van der Waals surface area contributed by atoms with E-state index < -0.39 is 0 Å². The van der Waals surface area contributed by atoms with Gasteiger partial charge < -0.3 is 4.90 Å². The molecule has 98 valence electrons. The fourth-order valence-corrected chi connectivity index (χ4v) is 2.34. The van der Waals surface area contributed by atoms with Gasteiger partial charge in [-0.2, -0.15) is 0 Å². The molecule has 18 heavy (non-hydrogen) atoms. The first-order valence-electron chi connectivity index (χ1n) is 6.24. The molecule has 1 unspecified atom stereocenters. The van der Waals surface area contributed by atoms with Crippen LogP contribution in [-0.4, -0.2) is 22.3 Å². The normalized spacial score (nSPS) is 20.6. The molecule has 1 aliphatic rings. The van der Waals surface area contributed by atoms with E-state index in [0.717, 1.165) is 12.1 Å². The summed E-state index contributed by atoms with van der Waals surface area (Å²) < 4.78 is 0. The Morgan fingerprint density at radius 3 is 2.67 bits per heavy atom. The fraction of sp³-hybridized carbons (Fsp3) is 0.571. The highest BCUT2D eigenvalue weighted by molar-refractivity contribution is 6.29. The van der Waals surface area contributed by atoms with Gasteiger partial charge in [-0.15, -0.1) is 0 Å². The van der Waals surface area contributed by atoms with Crippen LogP contribution in [0.5, 0.6) is 0 Å². The van der Waals surface area contributed by atoms with Gasteiger partial charge in [0, 0.05) is 25.7 Å². The Morgan fingerprint density at radius 1 is 1.44 bits per heavy atom. The predicted octanol–water partition coefficient (Wildman–Crippen LogP) is 3.13. The Balaban J connectivity index is 2.03. The van der Waals surface area contributed by atoms with Crippen molar-refractivity contribution >= 4 is 17.5 Å². The SMILES string of the molecule is CC(C)(C)C1CC(=O)N(Cc2ccc(Cl)nc2)C1. The van der Waals surface area contributed by atoms with Gasteiger partial charge in [0.2, 0.25) is 5.91 Å². The van der Waals surface area contributed by atoms with Crippen LogP contribution in [0.4, 0.5) is 0 Å². The molecule has 0 saturated carbocycles. The number of carbonyl (C=O) groups excluding carboxylic acids is 1. The van der Waals surface area contributed by atoms with Crippen LogP contribution in [0.1, 0.15) is 32.8 Å². The predicted molar refractivity (Wildman–Crippen MR) is 72.2 cm³/mol. The summed E-state index contributed by atoms with van der Waals surface area (Å²) in [6.07, 6.45) is 2.39. The van der Waals surface area contributed by atoms with E-state index in [1.807, 2.05) is 11.0 Å². The number of rotatable bonds is 2. The zero-order valence-corrected chi connectivity index (χ0v) is 11.9. The van der Waals surface area contributed by atoms with E-state index in [0.29, 0.717) is 24.0 Å². The Kier molecular flexibility index (Phi) is 3.62. The van der Waals surface area contributed by atoms with Crippen molar-refractivity contribution < 1.29 is 4.79 Å². The molecular formula is C14H19ClN2O. The molecule has 0 spiro atoms. The zero-order valence-electron chi connectivity index (χ0n) is 11.1. The van der Waals surface area contributed by atoms with Crippen molar-refractivity contribution in [2.45, 2.75) is 33.7 Å². The van der Waals surface area contributed by atoms with Gasteiger partial charge in [0.05, 0.1) is 0 Å². The Hall–Kier alpha value is -1.09. The van der Waals surface area contributed by atoms with Gasteiger partial charge in [-0.25, -0.2) is 4.98 Å². The van der Waals surface area contributed by atoms with Crippen molar-refractivity contribution in [2.24, 2.45) is 11.3 Å². The van der Waals surface area contributed by atoms with Crippen molar-refractivity contribution in [3.05, 3.63) is 29.0 Å². The maximum atomic E-state index is 12.0. The van der Waals surface area contributed by atoms with Crippen LogP contribution in [0.15, 0.2) is 18.3 Å². The number of amides is 1. The molecule has 2 rings (SSSR count). The minimum atomic E-state index is 0.183. The van der Waals surface area contributed by atoms with Gasteiger partial charge in [0.25, 0.3) is 0 Å². The second kappa shape index (κ2) is 4.88. The Bertz CT molecular complexity index is 436. The maximum absolute atomic E-state index is 12.0. The molecule has 4 heteroatoms. The molecular weight excluding hydrogens is 248 g/mol. The molecule has 0 N–H and O–H groups in total. The summed E-state index contributed by atoms with van der Waals surface area (Å²) in [4.78, 5) is 17.9. The van der Waals surface area contributed by atoms with Gasteiger partial charge >= 0.3 is 0 Å². The highest BCUT2D eigenvalue weighted by Gasteiger charge is 2.36. The van der Waals surface area contributed by atoms with Crippen molar-refractivity contribution in [3.63, 3.8) is 0 Å². The highest BCUT2D eigenvalue weighted by atomic mass is 35.5. The van der Waals surface area contributed by atoms with Crippen LogP contribution in [-0.2, 0) is 11.3 Å². The summed E-state index contributed by atoms with van der Waals surface area (Å²) in [6.45, 7) is 8.05. The number of carbonyl (C=O) groups is 1. The molecule has 1 aliphatic heterocycles. The third-order valence-electron chi connectivity index (χ3n) is 3.60. The van der Waals surface area contributed by atoms with Crippen molar-refractivity contribution in [2.75, 3.05) is 6.54 Å². The minimum absolute atomic E-state index is 0.183. The molecule has 1 aromatic heterocycles. The van der Waals surface area contributed by atoms with E-state index >= 15 is 0 Å². The molecule has 1 atom stereocenters. The molecule has 0 aromatic carbocycles. The molecule has 1 fully saturated rings. The van der Waals surface area contributed by atoms with Gasteiger partial charge in [-0.1, -0.05) is 38.4 Å². The lowest BCUT2D eigenvalue weighted by atomic mass is 9.80. The molecule has 1 amide bonds. The van der Waals surface area contributed by atoms with Crippen molar-refractivity contribution in [1.29, 1.82) is 0 Å². The topological polar surface area (TPSA) is 33.2 Å². The van der Waals surface area contributed by atoms with E-state index in [-0.39, 0.29) is 11.3 Å². The lowest BCUT2D eigenvalue weighted by Gasteiger charge is -2.26. The lowest BCUT2D eigenvalue weighted by molar-refractivity contribution is -0.128. The first-order valence-corrected chi connectivity index (χ1v) is 6.62. The zero-order chi connectivity index (χ0) is 13.3. The summed E-state index contributed by atoms with van der Waals surface area (Å²) >= 11 is 5.75. The van der Waals surface area contributed by atoms with E-state index in [2.05, 4.69) is 25.8 Å². The average molecular weight is 267 g/mol. The van der Waals surface area contributed by atoms with Crippen LogP contribution < -0.4 is 0 Å². The third-order valence-corrected chi connectivity index (χ3v) is 3.82. The number of likely N-dealkylation sites (tertiary alicyclic amines) is 1. The first-order chi connectivity index (χ1) is 8.36. The van der Waals surface area contributed by atoms with Gasteiger partial charge in [-0.05, 0) is 23.0 Å². The van der Waals surface area contributed by atoms with E-state index in [4.69, 9.17) is 11.6 Å². The van der Waals surface area contributed by atoms with Gasteiger partial charge in [0.1, 0.15) is 5.15 Å². The van der Waals surface area contributed by atoms with E-state index in [9.17, 15) is 4.79 Å². The quantitative estimate of drug-likeness (QED) is 0.771. The Labute approximate surface area is 113 Å². The summed E-state index contributed by atoms with van der Waals surface area (Å²) in [5.74, 6) is 0.676. The molecule has 3 nitrogen and oxygen atoms in total. The smallest absolute Gasteiger partial charge is 0.223 e. The van der Waals surface area contributed by atoms with E-state index in [1.54, 1.807) is 12.3 Å². The highest BCUT2D eigenvalue weighted by Crippen LogP contribution is 2.34. The van der Waals surface area contributed by atoms with Gasteiger partial charge in [0.15, 0.2) is 0 Å². The molecule has 0 aliphatic carbocycles. The fourth-order valence-electron chi connectivity index (χ4n) is 2.23. The lowest BCUT2D eigenvalue weighted by Crippen LogP contribution is -2.27. The molecule has 1 saturated heterocycles. The Morgan fingerprint density at radius 2 is 2.17 bits per heavy atom. The summed E-state index contributed by atoms with van der Waals surface area (Å²) in [6, 6.07) is 3.69. The largest absolute Gasteiger partial charge is 0.338 e. The minimum Gasteiger partial charge on any atom is -0.338 e. The number of nitrogens with zero attached hydrogens (tertiary/aromatic N) is 2. The van der Waals surface area contributed by atoms with Crippen LogP contribution in [0, 0.1) is 11.3 Å². The number of halogens is 1. The first kappa shape index (κ1) is 13.3. The van der Waals surface area contributed by atoms with Crippen molar-refractivity contribution in [1.82, 2.24) is 9.88 Å². The van der Waals surface area contributed by atoms with E-state index in [1.165, 1.54) is 0 Å². The molecule has 2 heterocycles. The van der Waals surface area contributed by atoms with Crippen LogP contribution in [0.25, 0.3) is 0 Å². The monoisotopic (exact) mass is 266 g/mol. The number of pyridine rings is 1. The number of hydrogen-bond acceptors (Lipinski definition) is 2. The molecule has 0 radical (unpaired) electrons. The molecule has 1 aromatic rings. The number of hydrogen-bond donors (Lipinski definition) is 0. The summed E-state index contributed by atoms with van der Waals surface area (Å²) in [7, 11) is 0. The van der Waals surface area contributed by atoms with Gasteiger partial charge in [-0.3, -0.25) is 4.79 Å². The van der Waals surface area contributed by atoms with Crippen molar-refractivity contribution in [3.8, 4) is 0 Å². The van der Waals surface area contributed by atoms with Crippen LogP contribution in [0.2, 0.25) is 5.15 Å². The standard InChI is InChI=1S/C14H19ClN2O/c1-14(2,3)11-6-13(18)17(9-11)8-10-4-5-12(15)16-7-10/h4-5,7,11H,6,8-9H2,1-3H3. The summed E-state index contributed by atoms with van der Waals surface area (Å²) in [5.41, 5.74) is 1.21. The third kappa shape index (κ3) is 3.02. The average Bonchev–Trinajstić information content (AvgIpc) is 2.63. The second-order valence-electron chi connectivity index (χ2n) is 6.03. The maximum Gasteiger partial charge on any atom is 0.223 e. The second-order valence-corrected chi connectivity index (χ2v) is 6.42. The summed E-state index contributed by atoms with van der Waals surface area (Å²) in [5, 5.41) is 0.485. The van der Waals surface area contributed by atoms with Crippen LogP contribution in [0.3, 0.4) is 0 Å².